The molecule has 12 aromatic carbocycles. The number of fused-ring (bicyclic) bond motifs is 17. The van der Waals surface area contributed by atoms with Gasteiger partial charge in [0.15, 0.2) is 0 Å². The highest BCUT2D eigenvalue weighted by molar-refractivity contribution is 6.27. The van der Waals surface area contributed by atoms with Gasteiger partial charge in [0.25, 0.3) is 0 Å². The fourth-order valence-corrected chi connectivity index (χ4v) is 12.6. The van der Waals surface area contributed by atoms with E-state index in [1.165, 1.54) is 142 Å². The van der Waals surface area contributed by atoms with Gasteiger partial charge in [-0.15, -0.1) is 0 Å². The third kappa shape index (κ3) is 5.16. The number of nitrogens with zero attached hydrogens (tertiary/aromatic N) is 2. The van der Waals surface area contributed by atoms with E-state index in [0.717, 1.165) is 21.9 Å². The molecule has 0 aliphatic carbocycles. The summed E-state index contributed by atoms with van der Waals surface area (Å²) >= 11 is 0. The minimum Gasteiger partial charge on any atom is -0.456 e. The molecule has 0 aliphatic heterocycles. The van der Waals surface area contributed by atoms with Crippen molar-refractivity contribution < 1.29 is 4.42 Å². The van der Waals surface area contributed by atoms with Crippen molar-refractivity contribution in [1.29, 1.82) is 0 Å². The van der Waals surface area contributed by atoms with Crippen LogP contribution in [0.5, 0.6) is 0 Å². The summed E-state index contributed by atoms with van der Waals surface area (Å²) in [5, 5.41) is 17.5. The zero-order valence-corrected chi connectivity index (χ0v) is 38.2. The summed E-state index contributed by atoms with van der Waals surface area (Å²) in [6, 6.07) is 85.7. The molecule has 326 valence electrons. The van der Waals surface area contributed by atoms with Crippen molar-refractivity contribution >= 4 is 120 Å². The number of aromatic nitrogens is 2. The molecule has 0 N–H and O–H groups in total. The minimum absolute atomic E-state index is 0.913. The topological polar surface area (TPSA) is 22.0 Å². The third-order valence-corrected chi connectivity index (χ3v) is 15.9. The van der Waals surface area contributed by atoms with E-state index in [-0.39, 0.29) is 0 Å². The van der Waals surface area contributed by atoms with E-state index in [1.807, 2.05) is 6.07 Å². The number of furan rings is 1. The van der Waals surface area contributed by atoms with E-state index in [9.17, 15) is 0 Å². The quantitative estimate of drug-likeness (QED) is 0.172. The van der Waals surface area contributed by atoms with Gasteiger partial charge in [-0.3, -0.25) is 0 Å². The van der Waals surface area contributed by atoms with E-state index in [2.05, 4.69) is 233 Å². The van der Waals surface area contributed by atoms with Crippen LogP contribution in [-0.2, 0) is 0 Å². The van der Waals surface area contributed by atoms with Crippen LogP contribution in [0, 0.1) is 0 Å². The molecule has 0 amide bonds. The molecule has 5 aromatic heterocycles. The van der Waals surface area contributed by atoms with E-state index in [0.29, 0.717) is 0 Å². The Bertz CT molecular complexity index is 5090. The molecular formula is C68H38N2O. The first kappa shape index (κ1) is 37.5. The van der Waals surface area contributed by atoms with E-state index in [4.69, 9.17) is 4.42 Å². The van der Waals surface area contributed by atoms with Gasteiger partial charge in [0.2, 0.25) is 0 Å². The lowest BCUT2D eigenvalue weighted by Crippen LogP contribution is -1.84. The van der Waals surface area contributed by atoms with Crippen molar-refractivity contribution in [2.75, 3.05) is 0 Å². The average molecular weight is 899 g/mol. The van der Waals surface area contributed by atoms with Crippen LogP contribution in [0.15, 0.2) is 235 Å². The molecule has 0 bridgehead atoms. The van der Waals surface area contributed by atoms with Crippen molar-refractivity contribution in [1.82, 2.24) is 8.80 Å². The lowest BCUT2D eigenvalue weighted by Gasteiger charge is -2.08. The second kappa shape index (κ2) is 13.6. The van der Waals surface area contributed by atoms with E-state index >= 15 is 0 Å². The molecule has 0 spiro atoms. The summed E-state index contributed by atoms with van der Waals surface area (Å²) < 4.78 is 11.2. The molecule has 0 unspecified atom stereocenters. The Balaban J connectivity index is 0.832. The highest BCUT2D eigenvalue weighted by atomic mass is 16.3. The first-order valence-corrected chi connectivity index (χ1v) is 24.5. The predicted molar refractivity (Wildman–Crippen MR) is 300 cm³/mol. The molecule has 71 heavy (non-hydrogen) atoms. The van der Waals surface area contributed by atoms with Crippen molar-refractivity contribution in [3.05, 3.63) is 231 Å². The Hall–Kier alpha value is -9.44. The van der Waals surface area contributed by atoms with Gasteiger partial charge in [0.1, 0.15) is 11.2 Å². The van der Waals surface area contributed by atoms with E-state index in [1.54, 1.807) is 0 Å². The molecule has 0 fully saturated rings. The molecule has 0 saturated heterocycles. The summed E-state index contributed by atoms with van der Waals surface area (Å²) in [4.78, 5) is 0. The minimum atomic E-state index is 0.913. The van der Waals surface area contributed by atoms with Crippen LogP contribution in [0.2, 0.25) is 0 Å². The van der Waals surface area contributed by atoms with Crippen molar-refractivity contribution in [3.8, 4) is 44.5 Å². The first-order chi connectivity index (χ1) is 35.1. The summed E-state index contributed by atoms with van der Waals surface area (Å²) in [7, 11) is 0. The maximum absolute atomic E-state index is 6.23. The molecular weight excluding hydrogens is 861 g/mol. The molecule has 0 atom stereocenters. The molecule has 3 heteroatoms. The van der Waals surface area contributed by atoms with Crippen LogP contribution < -0.4 is 0 Å². The largest absolute Gasteiger partial charge is 0.456 e. The Labute approximate surface area is 405 Å². The molecule has 5 heterocycles. The van der Waals surface area contributed by atoms with E-state index < -0.39 is 0 Å². The van der Waals surface area contributed by atoms with Gasteiger partial charge in [0, 0.05) is 53.9 Å². The standard InChI is InChI=1S/C68H38N2O/c1-2-9-39(10-3-1)40-17-19-41(20-18-40)45-23-26-61-54(31-45)52-14-8-15-53-55-34-49-29-44(21-22-48(49)38-63(55)69(61)67(52)53)50-35-59-56-32-46(47-25-28-66-58(33-47)51-13-6-7-16-65(51)71-66)24-27-62(56)70-64-37-43-12-5-4-11-42(43)30-57(64)60(36-50)68(59)70/h1-38H. The SMILES string of the molecule is c1ccc(-c2ccc(-c3ccc4c(c3)c3cccc5c6cc7cc(-c8cc9c%10cc(-c%11ccc%12oc%13ccccc%13c%12c%11)ccc%10n%10c%11cc%12ccccc%12cc%11c(c8)c9%10)ccc7cc6n4c35)cc2)cc1. The number of rotatable bonds is 4. The normalized spacial score (nSPS) is 12.5. The summed E-state index contributed by atoms with van der Waals surface area (Å²) in [5.74, 6) is 0. The zero-order valence-electron chi connectivity index (χ0n) is 38.2. The monoisotopic (exact) mass is 898 g/mol. The third-order valence-electron chi connectivity index (χ3n) is 15.9. The Morgan fingerprint density at radius 2 is 0.648 bits per heavy atom. The van der Waals surface area contributed by atoms with Crippen molar-refractivity contribution in [2.24, 2.45) is 0 Å². The van der Waals surface area contributed by atoms with Crippen LogP contribution in [-0.4, -0.2) is 8.80 Å². The maximum Gasteiger partial charge on any atom is 0.135 e. The number of hydrogen-bond acceptors (Lipinski definition) is 1. The van der Waals surface area contributed by atoms with Gasteiger partial charge in [-0.2, -0.15) is 0 Å². The van der Waals surface area contributed by atoms with Gasteiger partial charge >= 0.3 is 0 Å². The van der Waals surface area contributed by atoms with Crippen LogP contribution in [0.25, 0.3) is 164 Å². The van der Waals surface area contributed by atoms with Gasteiger partial charge in [-0.05, 0) is 151 Å². The average Bonchev–Trinajstić information content (AvgIpc) is 4.23. The molecule has 3 nitrogen and oxygen atoms in total. The number of para-hydroxylation sites is 2. The van der Waals surface area contributed by atoms with Crippen LogP contribution >= 0.6 is 0 Å². The maximum atomic E-state index is 6.23. The van der Waals surface area contributed by atoms with Crippen LogP contribution in [0.1, 0.15) is 0 Å². The molecule has 17 aromatic rings. The summed E-state index contributed by atoms with van der Waals surface area (Å²) in [5.41, 5.74) is 19.1. The molecule has 17 rings (SSSR count). The highest BCUT2D eigenvalue weighted by Gasteiger charge is 2.22. The smallest absolute Gasteiger partial charge is 0.135 e. The Morgan fingerprint density at radius 3 is 1.38 bits per heavy atom. The second-order valence-corrected chi connectivity index (χ2v) is 19.7. The summed E-state index contributed by atoms with van der Waals surface area (Å²) in [6.45, 7) is 0. The van der Waals surface area contributed by atoms with Gasteiger partial charge in [-0.1, -0.05) is 146 Å². The van der Waals surface area contributed by atoms with Gasteiger partial charge in [-0.25, -0.2) is 0 Å². The van der Waals surface area contributed by atoms with Crippen LogP contribution in [0.4, 0.5) is 0 Å². The second-order valence-electron chi connectivity index (χ2n) is 19.7. The Morgan fingerprint density at radius 1 is 0.211 bits per heavy atom. The van der Waals surface area contributed by atoms with Crippen molar-refractivity contribution in [3.63, 3.8) is 0 Å². The van der Waals surface area contributed by atoms with Gasteiger partial charge in [0.05, 0.1) is 33.1 Å². The molecule has 0 radical (unpaired) electrons. The predicted octanol–water partition coefficient (Wildman–Crippen LogP) is 18.9. The Kier molecular flexibility index (Phi) is 7.20. The summed E-state index contributed by atoms with van der Waals surface area (Å²) in [6.07, 6.45) is 0. The number of hydrogen-bond donors (Lipinski definition) is 0. The fraction of sp³-hybridized carbons (Fsp3) is 0. The lowest BCUT2D eigenvalue weighted by molar-refractivity contribution is 0.669. The number of benzene rings is 12. The first-order valence-electron chi connectivity index (χ1n) is 24.5. The zero-order chi connectivity index (χ0) is 46.1. The van der Waals surface area contributed by atoms with Gasteiger partial charge < -0.3 is 13.2 Å². The highest BCUT2D eigenvalue weighted by Crippen LogP contribution is 2.46. The molecule has 0 saturated carbocycles. The fourth-order valence-electron chi connectivity index (χ4n) is 12.6. The van der Waals surface area contributed by atoms with Crippen LogP contribution in [0.3, 0.4) is 0 Å². The molecule has 0 aliphatic rings. The van der Waals surface area contributed by atoms with Crippen molar-refractivity contribution in [2.45, 2.75) is 0 Å². The lowest BCUT2D eigenvalue weighted by atomic mass is 9.95.